The van der Waals surface area contributed by atoms with Crippen molar-refractivity contribution < 1.29 is 14.7 Å². The van der Waals surface area contributed by atoms with Crippen molar-refractivity contribution in [2.75, 3.05) is 37.7 Å². The number of carbonyl (C=O) groups excluding carboxylic acids is 2. The zero-order valence-electron chi connectivity index (χ0n) is 14.0. The van der Waals surface area contributed by atoms with Crippen LogP contribution in [0.3, 0.4) is 0 Å². The van der Waals surface area contributed by atoms with Crippen molar-refractivity contribution in [3.8, 4) is 0 Å². The van der Waals surface area contributed by atoms with Crippen LogP contribution < -0.4 is 4.90 Å². The molecule has 0 radical (unpaired) electrons. The molecule has 2 saturated heterocycles. The highest BCUT2D eigenvalue weighted by Crippen LogP contribution is 2.38. The number of rotatable bonds is 5. The molecule has 8 nitrogen and oxygen atoms in total. The number of β-amino-alcohol motifs (C(OH)–C–C–N with tert-alkyl or cyclic N) is 1. The van der Waals surface area contributed by atoms with E-state index in [9.17, 15) is 14.7 Å². The minimum atomic E-state index is -0.780. The second-order valence-electron chi connectivity index (χ2n) is 6.71. The Labute approximate surface area is 145 Å². The maximum absolute atomic E-state index is 13.0. The molecule has 1 N–H and O–H groups in total. The second kappa shape index (κ2) is 6.64. The minimum absolute atomic E-state index is 0.0636. The van der Waals surface area contributed by atoms with Crippen LogP contribution in [0, 0.1) is 5.92 Å². The molecule has 0 aliphatic carbocycles. The van der Waals surface area contributed by atoms with Gasteiger partial charge in [-0.05, 0) is 18.8 Å². The molecular weight excluding hydrogens is 330 g/mol. The van der Waals surface area contributed by atoms with E-state index in [1.807, 2.05) is 13.8 Å². The molecule has 1 aromatic rings. The number of hydrogen-bond acceptors (Lipinski definition) is 7. The van der Waals surface area contributed by atoms with E-state index in [1.54, 1.807) is 10.4 Å². The Kier molecular flexibility index (Phi) is 4.73. The third-order valence-electron chi connectivity index (χ3n) is 4.70. The summed E-state index contributed by atoms with van der Waals surface area (Å²) in [4.78, 5) is 30.7. The molecule has 0 atom stereocenters. The van der Waals surface area contributed by atoms with Crippen LogP contribution in [0.25, 0.3) is 0 Å². The summed E-state index contributed by atoms with van der Waals surface area (Å²) in [7, 11) is 0. The fraction of sp³-hybridized carbons (Fsp3) is 0.733. The van der Waals surface area contributed by atoms with E-state index < -0.39 is 5.54 Å². The molecule has 2 aliphatic rings. The topological polar surface area (TPSA) is 89.9 Å². The molecule has 3 rings (SSSR count). The number of imide groups is 1. The number of hydrogen-bond donors (Lipinski definition) is 1. The van der Waals surface area contributed by atoms with Crippen molar-refractivity contribution in [3.63, 3.8) is 0 Å². The first-order chi connectivity index (χ1) is 11.5. The predicted octanol–water partition coefficient (Wildman–Crippen LogP) is 0.790. The van der Waals surface area contributed by atoms with Crippen molar-refractivity contribution in [2.24, 2.45) is 5.92 Å². The predicted molar refractivity (Wildman–Crippen MR) is 89.8 cm³/mol. The molecule has 3 amide bonds. The van der Waals surface area contributed by atoms with Gasteiger partial charge >= 0.3 is 6.03 Å². The number of anilines is 1. The number of aliphatic hydroxyl groups is 1. The molecule has 2 aliphatic heterocycles. The van der Waals surface area contributed by atoms with Crippen molar-refractivity contribution >= 4 is 28.4 Å². The van der Waals surface area contributed by atoms with Gasteiger partial charge in [0.05, 0.1) is 13.2 Å². The Morgan fingerprint density at radius 1 is 1.33 bits per heavy atom. The Morgan fingerprint density at radius 2 is 2.04 bits per heavy atom. The van der Waals surface area contributed by atoms with E-state index in [1.165, 1.54) is 16.2 Å². The van der Waals surface area contributed by atoms with Crippen molar-refractivity contribution in [1.82, 2.24) is 20.0 Å². The first-order valence-electron chi connectivity index (χ1n) is 8.25. The number of urea groups is 1. The van der Waals surface area contributed by atoms with Crippen molar-refractivity contribution in [3.05, 3.63) is 5.51 Å². The lowest BCUT2D eigenvalue weighted by molar-refractivity contribution is -0.134. The van der Waals surface area contributed by atoms with Crippen LogP contribution in [0.1, 0.15) is 26.7 Å². The lowest BCUT2D eigenvalue weighted by Gasteiger charge is -2.42. The van der Waals surface area contributed by atoms with Gasteiger partial charge < -0.3 is 14.9 Å². The lowest BCUT2D eigenvalue weighted by Crippen LogP contribution is -2.57. The fourth-order valence-electron chi connectivity index (χ4n) is 3.55. The number of amides is 3. The number of carbonyl (C=O) groups is 2. The zero-order chi connectivity index (χ0) is 17.3. The van der Waals surface area contributed by atoms with Crippen molar-refractivity contribution in [1.29, 1.82) is 0 Å². The Morgan fingerprint density at radius 3 is 2.58 bits per heavy atom. The molecule has 1 aromatic heterocycles. The normalized spacial score (nSPS) is 20.8. The van der Waals surface area contributed by atoms with Gasteiger partial charge in [0.2, 0.25) is 5.13 Å². The highest BCUT2D eigenvalue weighted by Gasteiger charge is 2.57. The van der Waals surface area contributed by atoms with Crippen molar-refractivity contribution in [2.45, 2.75) is 32.2 Å². The van der Waals surface area contributed by atoms with Gasteiger partial charge in [-0.1, -0.05) is 25.2 Å². The third kappa shape index (κ3) is 2.75. The smallest absolute Gasteiger partial charge is 0.327 e. The number of piperidine rings is 1. The second-order valence-corrected chi connectivity index (χ2v) is 7.52. The van der Waals surface area contributed by atoms with E-state index in [2.05, 4.69) is 15.1 Å². The fourth-order valence-corrected chi connectivity index (χ4v) is 4.17. The highest BCUT2D eigenvalue weighted by molar-refractivity contribution is 7.13. The summed E-state index contributed by atoms with van der Waals surface area (Å²) >= 11 is 1.48. The van der Waals surface area contributed by atoms with E-state index in [0.717, 1.165) is 5.13 Å². The molecular formula is C15H23N5O3S. The summed E-state index contributed by atoms with van der Waals surface area (Å²) in [5, 5.41) is 18.0. The van der Waals surface area contributed by atoms with Gasteiger partial charge in [-0.3, -0.25) is 9.69 Å². The first-order valence-corrected chi connectivity index (χ1v) is 9.13. The summed E-state index contributed by atoms with van der Waals surface area (Å²) in [5.41, 5.74) is 0.912. The molecule has 24 heavy (non-hydrogen) atoms. The minimum Gasteiger partial charge on any atom is -0.395 e. The maximum Gasteiger partial charge on any atom is 0.327 e. The summed E-state index contributed by atoms with van der Waals surface area (Å²) in [6, 6.07) is -0.271. The lowest BCUT2D eigenvalue weighted by atomic mass is 9.85. The molecule has 9 heteroatoms. The van der Waals surface area contributed by atoms with Crippen LogP contribution in [0.4, 0.5) is 9.93 Å². The summed E-state index contributed by atoms with van der Waals surface area (Å²) in [5.74, 6) is 0.105. The van der Waals surface area contributed by atoms with Crippen LogP contribution >= 0.6 is 11.3 Å². The van der Waals surface area contributed by atoms with Gasteiger partial charge in [-0.15, -0.1) is 10.2 Å². The third-order valence-corrected chi connectivity index (χ3v) is 5.45. The number of aromatic nitrogens is 2. The Bertz CT molecular complexity index is 598. The van der Waals surface area contributed by atoms with E-state index >= 15 is 0 Å². The number of aliphatic hydroxyl groups excluding tert-OH is 1. The Balaban J connectivity index is 1.83. The average molecular weight is 353 g/mol. The van der Waals surface area contributed by atoms with Crippen LogP contribution in [-0.4, -0.2) is 75.4 Å². The SMILES string of the molecule is CC(C)CN1C(=O)N(CCO)C(=O)C12CCN(c1nncs1)CC2. The maximum atomic E-state index is 13.0. The summed E-state index contributed by atoms with van der Waals surface area (Å²) in [6.07, 6.45) is 1.15. The van der Waals surface area contributed by atoms with Crippen LogP contribution in [-0.2, 0) is 4.79 Å². The average Bonchev–Trinajstić information content (AvgIpc) is 3.15. The van der Waals surface area contributed by atoms with Gasteiger partial charge in [-0.2, -0.15) is 0 Å². The van der Waals surface area contributed by atoms with E-state index in [4.69, 9.17) is 0 Å². The number of nitrogens with zero attached hydrogens (tertiary/aromatic N) is 5. The van der Waals surface area contributed by atoms with Crippen LogP contribution in [0.15, 0.2) is 5.51 Å². The molecule has 0 aromatic carbocycles. The molecule has 3 heterocycles. The summed E-state index contributed by atoms with van der Waals surface area (Å²) in [6.45, 7) is 5.80. The highest BCUT2D eigenvalue weighted by atomic mass is 32.1. The van der Waals surface area contributed by atoms with Gasteiger partial charge in [-0.25, -0.2) is 4.79 Å². The quantitative estimate of drug-likeness (QED) is 0.787. The van der Waals surface area contributed by atoms with Gasteiger partial charge in [0.15, 0.2) is 0 Å². The molecule has 132 valence electrons. The van der Waals surface area contributed by atoms with E-state index in [-0.39, 0.29) is 31.0 Å². The Hall–Kier alpha value is -1.74. The van der Waals surface area contributed by atoms with Gasteiger partial charge in [0, 0.05) is 19.6 Å². The van der Waals surface area contributed by atoms with Crippen LogP contribution in [0.5, 0.6) is 0 Å². The molecule has 2 fully saturated rings. The monoisotopic (exact) mass is 353 g/mol. The zero-order valence-corrected chi connectivity index (χ0v) is 14.8. The standard InChI is InChI=1S/C15H23N5O3S/c1-11(2)9-20-14(23)19(7-8-21)12(22)15(20)3-5-18(6-4-15)13-17-16-10-24-13/h10-11,21H,3-9H2,1-2H3. The van der Waals surface area contributed by atoms with Gasteiger partial charge in [0.1, 0.15) is 11.0 Å². The van der Waals surface area contributed by atoms with Gasteiger partial charge in [0.25, 0.3) is 5.91 Å². The molecule has 0 unspecified atom stereocenters. The van der Waals surface area contributed by atoms with Crippen LogP contribution in [0.2, 0.25) is 0 Å². The summed E-state index contributed by atoms with van der Waals surface area (Å²) < 4.78 is 0. The van der Waals surface area contributed by atoms with E-state index in [0.29, 0.717) is 32.5 Å². The molecule has 0 saturated carbocycles. The molecule has 0 bridgehead atoms. The largest absolute Gasteiger partial charge is 0.395 e. The first kappa shape index (κ1) is 17.1. The molecule has 1 spiro atoms.